The fraction of sp³-hybridized carbons (Fsp3) is 0.500. The topological polar surface area (TPSA) is 71.4 Å². The van der Waals surface area contributed by atoms with Gasteiger partial charge in [-0.2, -0.15) is 0 Å². The number of hydrogen-bond donors (Lipinski definition) is 1. The van der Waals surface area contributed by atoms with Crippen molar-refractivity contribution in [1.82, 2.24) is 9.88 Å². The zero-order valence-electron chi connectivity index (χ0n) is 17.3. The van der Waals surface area contributed by atoms with E-state index in [1.807, 2.05) is 24.3 Å². The van der Waals surface area contributed by atoms with Crippen LogP contribution in [0.4, 0.5) is 5.69 Å². The number of carbonyl (C=O) groups excluding carboxylic acids is 1. The summed E-state index contributed by atoms with van der Waals surface area (Å²) in [7, 11) is -1.99. The number of anilines is 1. The molecule has 3 unspecified atom stereocenters. The molecule has 1 amide bonds. The van der Waals surface area contributed by atoms with Crippen LogP contribution in [0.5, 0.6) is 0 Å². The minimum atomic E-state index is -3.71. The Kier molecular flexibility index (Phi) is 5.19. The summed E-state index contributed by atoms with van der Waals surface area (Å²) in [5.41, 5.74) is 2.14. The van der Waals surface area contributed by atoms with Crippen LogP contribution in [0.3, 0.4) is 0 Å². The highest BCUT2D eigenvalue weighted by atomic mass is 32.2. The molecule has 1 aliphatic heterocycles. The minimum Gasteiger partial charge on any atom is -0.348 e. The summed E-state index contributed by atoms with van der Waals surface area (Å²) in [6, 6.07) is 9.20. The van der Waals surface area contributed by atoms with Crippen LogP contribution in [0.1, 0.15) is 49.2 Å². The number of para-hydroxylation sites is 1. The maximum absolute atomic E-state index is 13.3. The summed E-state index contributed by atoms with van der Waals surface area (Å²) in [5.74, 6) is 0.785. The third-order valence-electron chi connectivity index (χ3n) is 6.67. The Bertz CT molecular complexity index is 1030. The van der Waals surface area contributed by atoms with Gasteiger partial charge >= 0.3 is 0 Å². The second kappa shape index (κ2) is 7.52. The molecule has 1 aliphatic carbocycles. The molecule has 7 heteroatoms. The molecule has 29 heavy (non-hydrogen) atoms. The molecule has 4 rings (SSSR count). The molecule has 1 aromatic heterocycles. The number of aryl methyl sites for hydroxylation is 1. The van der Waals surface area contributed by atoms with E-state index < -0.39 is 10.0 Å². The maximum atomic E-state index is 13.3. The van der Waals surface area contributed by atoms with Crippen molar-refractivity contribution in [3.05, 3.63) is 47.8 Å². The standard InChI is InChI=1S/C22H29N3O3S/c1-15-7-6-9-19(16(15)2)23-22(26)21-13-18(14-24(21)3)29(27,28)25-12-11-17-8-4-5-10-20(17)25/h4-5,8,10,13-16,19H,6-7,9,11-12H2,1-3H3,(H,23,26). The average molecular weight is 416 g/mol. The van der Waals surface area contributed by atoms with E-state index in [0.29, 0.717) is 30.5 Å². The number of amides is 1. The van der Waals surface area contributed by atoms with Crippen molar-refractivity contribution in [1.29, 1.82) is 0 Å². The monoisotopic (exact) mass is 415 g/mol. The van der Waals surface area contributed by atoms with E-state index in [1.54, 1.807) is 11.6 Å². The van der Waals surface area contributed by atoms with Gasteiger partial charge in [0.1, 0.15) is 10.6 Å². The number of hydrogen-bond acceptors (Lipinski definition) is 3. The van der Waals surface area contributed by atoms with E-state index >= 15 is 0 Å². The predicted molar refractivity (Wildman–Crippen MR) is 114 cm³/mol. The first-order chi connectivity index (χ1) is 13.8. The van der Waals surface area contributed by atoms with Crippen LogP contribution in [-0.2, 0) is 23.5 Å². The zero-order chi connectivity index (χ0) is 20.8. The third kappa shape index (κ3) is 3.56. The van der Waals surface area contributed by atoms with Gasteiger partial charge in [0.25, 0.3) is 15.9 Å². The molecule has 1 aromatic carbocycles. The molecule has 2 aromatic rings. The summed E-state index contributed by atoms with van der Waals surface area (Å²) in [6.07, 6.45) is 5.51. The summed E-state index contributed by atoms with van der Waals surface area (Å²) in [6.45, 7) is 4.83. The van der Waals surface area contributed by atoms with Gasteiger partial charge in [-0.15, -0.1) is 0 Å². The van der Waals surface area contributed by atoms with Crippen molar-refractivity contribution < 1.29 is 13.2 Å². The molecule has 0 spiro atoms. The third-order valence-corrected chi connectivity index (χ3v) is 8.45. The van der Waals surface area contributed by atoms with Crippen LogP contribution in [0.2, 0.25) is 0 Å². The lowest BCUT2D eigenvalue weighted by atomic mass is 9.78. The zero-order valence-corrected chi connectivity index (χ0v) is 18.1. The molecule has 156 valence electrons. The van der Waals surface area contributed by atoms with Gasteiger partial charge in [-0.05, 0) is 42.4 Å². The smallest absolute Gasteiger partial charge is 0.268 e. The Morgan fingerprint density at radius 1 is 1.17 bits per heavy atom. The molecule has 1 fully saturated rings. The lowest BCUT2D eigenvalue weighted by Gasteiger charge is -2.34. The highest BCUT2D eigenvalue weighted by Crippen LogP contribution is 2.33. The lowest BCUT2D eigenvalue weighted by Crippen LogP contribution is -2.44. The van der Waals surface area contributed by atoms with E-state index in [-0.39, 0.29) is 16.8 Å². The van der Waals surface area contributed by atoms with Crippen LogP contribution < -0.4 is 9.62 Å². The van der Waals surface area contributed by atoms with Crippen LogP contribution >= 0.6 is 0 Å². The SMILES string of the molecule is CC1CCCC(NC(=O)c2cc(S(=O)(=O)N3CCc4ccccc43)cn2C)C1C. The predicted octanol–water partition coefficient (Wildman–Crippen LogP) is 3.33. The first-order valence-electron chi connectivity index (χ1n) is 10.4. The van der Waals surface area contributed by atoms with E-state index in [9.17, 15) is 13.2 Å². The van der Waals surface area contributed by atoms with Gasteiger partial charge in [0.2, 0.25) is 0 Å². The molecule has 2 heterocycles. The molecule has 1 saturated carbocycles. The van der Waals surface area contributed by atoms with E-state index in [4.69, 9.17) is 0 Å². The van der Waals surface area contributed by atoms with E-state index in [0.717, 1.165) is 24.1 Å². The Hall–Kier alpha value is -2.28. The molecule has 1 N–H and O–H groups in total. The highest BCUT2D eigenvalue weighted by Gasteiger charge is 2.33. The number of carbonyl (C=O) groups is 1. The number of sulfonamides is 1. The van der Waals surface area contributed by atoms with E-state index in [1.165, 1.54) is 23.0 Å². The molecule has 2 aliphatic rings. The summed E-state index contributed by atoms with van der Waals surface area (Å²) < 4.78 is 29.6. The second-order valence-electron chi connectivity index (χ2n) is 8.48. The van der Waals surface area contributed by atoms with Gasteiger partial charge in [0.15, 0.2) is 0 Å². The summed E-state index contributed by atoms with van der Waals surface area (Å²) >= 11 is 0. The van der Waals surface area contributed by atoms with Crippen LogP contribution in [0.15, 0.2) is 41.4 Å². The first-order valence-corrected chi connectivity index (χ1v) is 11.8. The molecule has 0 saturated heterocycles. The van der Waals surface area contributed by atoms with Crippen LogP contribution in [0.25, 0.3) is 0 Å². The van der Waals surface area contributed by atoms with Crippen molar-refractivity contribution in [3.8, 4) is 0 Å². The summed E-state index contributed by atoms with van der Waals surface area (Å²) in [4.78, 5) is 13.1. The highest BCUT2D eigenvalue weighted by molar-refractivity contribution is 7.92. The van der Waals surface area contributed by atoms with Crippen LogP contribution in [-0.4, -0.2) is 31.5 Å². The molecule has 6 nitrogen and oxygen atoms in total. The van der Waals surface area contributed by atoms with Gasteiger partial charge in [-0.25, -0.2) is 8.42 Å². The second-order valence-corrected chi connectivity index (χ2v) is 10.3. The molecular formula is C22H29N3O3S. The van der Waals surface area contributed by atoms with Crippen molar-refractivity contribution in [3.63, 3.8) is 0 Å². The number of nitrogens with one attached hydrogen (secondary N) is 1. The fourth-order valence-electron chi connectivity index (χ4n) is 4.61. The number of aromatic nitrogens is 1. The van der Waals surface area contributed by atoms with Crippen molar-refractivity contribution in [2.24, 2.45) is 18.9 Å². The number of nitrogens with zero attached hydrogens (tertiary/aromatic N) is 2. The number of benzene rings is 1. The molecule has 0 radical (unpaired) electrons. The van der Waals surface area contributed by atoms with Crippen molar-refractivity contribution >= 4 is 21.6 Å². The van der Waals surface area contributed by atoms with Gasteiger partial charge in [-0.1, -0.05) is 44.9 Å². The Morgan fingerprint density at radius 3 is 2.72 bits per heavy atom. The van der Waals surface area contributed by atoms with Gasteiger partial charge < -0.3 is 9.88 Å². The number of fused-ring (bicyclic) bond motifs is 1. The van der Waals surface area contributed by atoms with Crippen LogP contribution in [0, 0.1) is 11.8 Å². The Morgan fingerprint density at radius 2 is 1.93 bits per heavy atom. The normalized spacial score (nSPS) is 24.4. The van der Waals surface area contributed by atoms with Gasteiger partial charge in [0, 0.05) is 25.8 Å². The van der Waals surface area contributed by atoms with Gasteiger partial charge in [-0.3, -0.25) is 9.10 Å². The fourth-order valence-corrected chi connectivity index (χ4v) is 6.19. The maximum Gasteiger partial charge on any atom is 0.268 e. The average Bonchev–Trinajstić information content (AvgIpc) is 3.30. The molecule has 3 atom stereocenters. The first kappa shape index (κ1) is 20.0. The van der Waals surface area contributed by atoms with Gasteiger partial charge in [0.05, 0.1) is 5.69 Å². The molecule has 0 bridgehead atoms. The molecular weight excluding hydrogens is 386 g/mol. The number of rotatable bonds is 4. The Labute approximate surface area is 173 Å². The van der Waals surface area contributed by atoms with E-state index in [2.05, 4.69) is 19.2 Å². The lowest BCUT2D eigenvalue weighted by molar-refractivity contribution is 0.0883. The largest absolute Gasteiger partial charge is 0.348 e. The minimum absolute atomic E-state index is 0.131. The Balaban J connectivity index is 1.57. The summed E-state index contributed by atoms with van der Waals surface area (Å²) in [5, 5.41) is 3.14. The van der Waals surface area contributed by atoms with Crippen molar-refractivity contribution in [2.75, 3.05) is 10.8 Å². The quantitative estimate of drug-likeness (QED) is 0.833. The van der Waals surface area contributed by atoms with Crippen molar-refractivity contribution in [2.45, 2.75) is 50.5 Å².